The second kappa shape index (κ2) is 5.48. The number of carboxylic acids is 1. The zero-order chi connectivity index (χ0) is 14.0. The number of carboxylic acid groups (broad SMARTS) is 1. The van der Waals surface area contributed by atoms with Crippen molar-refractivity contribution in [2.45, 2.75) is 25.8 Å². The molecule has 102 valence electrons. The van der Waals surface area contributed by atoms with Crippen molar-refractivity contribution in [3.05, 3.63) is 28.8 Å². The average molecular weight is 283 g/mol. The quantitative estimate of drug-likeness (QED) is 0.876. The van der Waals surface area contributed by atoms with Gasteiger partial charge in [-0.2, -0.15) is 0 Å². The molecule has 0 aliphatic carbocycles. The summed E-state index contributed by atoms with van der Waals surface area (Å²) in [4.78, 5) is 24.5. The number of halogens is 1. The van der Waals surface area contributed by atoms with E-state index in [0.29, 0.717) is 30.1 Å². The Kier molecular flexibility index (Phi) is 3.95. The molecule has 1 aromatic rings. The van der Waals surface area contributed by atoms with Crippen LogP contribution in [0, 0.1) is 6.92 Å². The van der Waals surface area contributed by atoms with Crippen molar-refractivity contribution in [3.8, 4) is 0 Å². The predicted molar refractivity (Wildman–Crippen MR) is 72.6 cm³/mol. The highest BCUT2D eigenvalue weighted by atomic mass is 35.5. The summed E-state index contributed by atoms with van der Waals surface area (Å²) in [6.07, 6.45) is 1.20. The standard InChI is InChI=1S/C13H15ClN2O3/c1-8-9(14)4-2-5-10(8)15-13(19)16-7-3-6-11(16)12(17)18/h2,4-5,11H,3,6-7H2,1H3,(H,15,19)(H,17,18)/t11-/m0/s1. The van der Waals surface area contributed by atoms with Crippen molar-refractivity contribution < 1.29 is 14.7 Å². The van der Waals surface area contributed by atoms with Gasteiger partial charge in [0.15, 0.2) is 0 Å². The van der Waals surface area contributed by atoms with Crippen LogP contribution in [-0.4, -0.2) is 34.6 Å². The maximum atomic E-state index is 12.1. The molecule has 19 heavy (non-hydrogen) atoms. The van der Waals surface area contributed by atoms with Crippen molar-refractivity contribution in [1.82, 2.24) is 4.90 Å². The summed E-state index contributed by atoms with van der Waals surface area (Å²) in [5.41, 5.74) is 1.37. The van der Waals surface area contributed by atoms with E-state index >= 15 is 0 Å². The first-order chi connectivity index (χ1) is 9.00. The van der Waals surface area contributed by atoms with E-state index in [2.05, 4.69) is 5.32 Å². The van der Waals surface area contributed by atoms with Gasteiger partial charge in [0.25, 0.3) is 0 Å². The van der Waals surface area contributed by atoms with E-state index in [-0.39, 0.29) is 0 Å². The maximum absolute atomic E-state index is 12.1. The van der Waals surface area contributed by atoms with Crippen LogP contribution in [0.1, 0.15) is 18.4 Å². The summed E-state index contributed by atoms with van der Waals surface area (Å²) in [6.45, 7) is 2.26. The Morgan fingerprint density at radius 2 is 2.21 bits per heavy atom. The minimum Gasteiger partial charge on any atom is -0.480 e. The van der Waals surface area contributed by atoms with Crippen molar-refractivity contribution in [3.63, 3.8) is 0 Å². The molecule has 0 bridgehead atoms. The average Bonchev–Trinajstić information content (AvgIpc) is 2.84. The molecule has 0 spiro atoms. The summed E-state index contributed by atoms with van der Waals surface area (Å²) >= 11 is 5.98. The fourth-order valence-electron chi connectivity index (χ4n) is 2.20. The normalized spacial score (nSPS) is 18.4. The van der Waals surface area contributed by atoms with E-state index in [1.165, 1.54) is 4.90 Å². The number of aliphatic carboxylic acids is 1. The maximum Gasteiger partial charge on any atom is 0.326 e. The highest BCUT2D eigenvalue weighted by Crippen LogP contribution is 2.24. The second-order valence-corrected chi connectivity index (χ2v) is 4.94. The third-order valence-electron chi connectivity index (χ3n) is 3.31. The highest BCUT2D eigenvalue weighted by Gasteiger charge is 2.34. The first-order valence-corrected chi connectivity index (χ1v) is 6.44. The van der Waals surface area contributed by atoms with Gasteiger partial charge in [0.05, 0.1) is 0 Å². The summed E-state index contributed by atoms with van der Waals surface area (Å²) in [7, 11) is 0. The van der Waals surface area contributed by atoms with Gasteiger partial charge in [0.1, 0.15) is 6.04 Å². The van der Waals surface area contributed by atoms with Gasteiger partial charge in [-0.05, 0) is 37.5 Å². The van der Waals surface area contributed by atoms with E-state index in [4.69, 9.17) is 16.7 Å². The molecule has 1 heterocycles. The lowest BCUT2D eigenvalue weighted by Crippen LogP contribution is -2.42. The molecule has 1 aliphatic heterocycles. The molecule has 1 aliphatic rings. The Morgan fingerprint density at radius 1 is 1.47 bits per heavy atom. The van der Waals surface area contributed by atoms with Crippen LogP contribution in [0.4, 0.5) is 10.5 Å². The number of carbonyl (C=O) groups excluding carboxylic acids is 1. The number of nitrogens with zero attached hydrogens (tertiary/aromatic N) is 1. The lowest BCUT2D eigenvalue weighted by Gasteiger charge is -2.22. The van der Waals surface area contributed by atoms with Crippen molar-refractivity contribution in [2.75, 3.05) is 11.9 Å². The molecular weight excluding hydrogens is 268 g/mol. The summed E-state index contributed by atoms with van der Waals surface area (Å²) < 4.78 is 0. The molecule has 2 amide bonds. The molecule has 2 rings (SSSR count). The van der Waals surface area contributed by atoms with Crippen LogP contribution in [0.2, 0.25) is 5.02 Å². The number of benzene rings is 1. The largest absolute Gasteiger partial charge is 0.480 e. The molecule has 5 nitrogen and oxygen atoms in total. The predicted octanol–water partition coefficient (Wildman–Crippen LogP) is 2.73. The van der Waals surface area contributed by atoms with E-state index in [1.54, 1.807) is 25.1 Å². The molecule has 2 N–H and O–H groups in total. The van der Waals surface area contributed by atoms with Gasteiger partial charge in [-0.15, -0.1) is 0 Å². The number of likely N-dealkylation sites (tertiary alicyclic amines) is 1. The van der Waals surface area contributed by atoms with Crippen LogP contribution in [0.15, 0.2) is 18.2 Å². The van der Waals surface area contributed by atoms with Crippen LogP contribution >= 0.6 is 11.6 Å². The smallest absolute Gasteiger partial charge is 0.326 e. The Hall–Kier alpha value is -1.75. The number of urea groups is 1. The Morgan fingerprint density at radius 3 is 2.89 bits per heavy atom. The zero-order valence-corrected chi connectivity index (χ0v) is 11.3. The van der Waals surface area contributed by atoms with Crippen LogP contribution < -0.4 is 5.32 Å². The topological polar surface area (TPSA) is 69.6 Å². The number of anilines is 1. The number of nitrogens with one attached hydrogen (secondary N) is 1. The molecule has 6 heteroatoms. The van der Waals surface area contributed by atoms with Crippen molar-refractivity contribution in [1.29, 1.82) is 0 Å². The minimum atomic E-state index is -0.963. The lowest BCUT2D eigenvalue weighted by molar-refractivity contribution is -0.141. The van der Waals surface area contributed by atoms with E-state index in [0.717, 1.165) is 5.56 Å². The summed E-state index contributed by atoms with van der Waals surface area (Å²) in [5.74, 6) is -0.963. The van der Waals surface area contributed by atoms with E-state index in [9.17, 15) is 9.59 Å². The fraction of sp³-hybridized carbons (Fsp3) is 0.385. The van der Waals surface area contributed by atoms with Crippen LogP contribution in [0.3, 0.4) is 0 Å². The van der Waals surface area contributed by atoms with Gasteiger partial charge in [-0.25, -0.2) is 9.59 Å². The summed E-state index contributed by atoms with van der Waals surface area (Å²) in [5, 5.41) is 12.3. The lowest BCUT2D eigenvalue weighted by atomic mass is 10.2. The van der Waals surface area contributed by atoms with Crippen LogP contribution in [0.5, 0.6) is 0 Å². The molecule has 1 aromatic carbocycles. The molecule has 0 aromatic heterocycles. The number of rotatable bonds is 2. The number of carbonyl (C=O) groups is 2. The Balaban J connectivity index is 2.13. The van der Waals surface area contributed by atoms with Gasteiger partial charge in [0.2, 0.25) is 0 Å². The SMILES string of the molecule is Cc1c(Cl)cccc1NC(=O)N1CCC[C@H]1C(=O)O. The molecule has 1 saturated heterocycles. The van der Waals surface area contributed by atoms with Crippen LogP contribution in [-0.2, 0) is 4.79 Å². The minimum absolute atomic E-state index is 0.393. The number of hydrogen-bond acceptors (Lipinski definition) is 2. The highest BCUT2D eigenvalue weighted by molar-refractivity contribution is 6.31. The summed E-state index contributed by atoms with van der Waals surface area (Å²) in [6, 6.07) is 4.09. The van der Waals surface area contributed by atoms with Gasteiger partial charge >= 0.3 is 12.0 Å². The molecule has 0 unspecified atom stereocenters. The third-order valence-corrected chi connectivity index (χ3v) is 3.72. The Labute approximate surface area is 116 Å². The van der Waals surface area contributed by atoms with E-state index < -0.39 is 18.0 Å². The van der Waals surface area contributed by atoms with Crippen LogP contribution in [0.25, 0.3) is 0 Å². The van der Waals surface area contributed by atoms with Crippen molar-refractivity contribution in [2.24, 2.45) is 0 Å². The van der Waals surface area contributed by atoms with E-state index in [1.807, 2.05) is 0 Å². The number of amides is 2. The van der Waals surface area contributed by atoms with Gasteiger partial charge in [0, 0.05) is 17.3 Å². The molecule has 0 saturated carbocycles. The fourth-order valence-corrected chi connectivity index (χ4v) is 2.37. The molecular formula is C13H15ClN2O3. The van der Waals surface area contributed by atoms with Gasteiger partial charge < -0.3 is 15.3 Å². The monoisotopic (exact) mass is 282 g/mol. The first kappa shape index (κ1) is 13.7. The third kappa shape index (κ3) is 2.81. The molecule has 1 atom stereocenters. The van der Waals surface area contributed by atoms with Gasteiger partial charge in [-0.3, -0.25) is 0 Å². The zero-order valence-electron chi connectivity index (χ0n) is 10.5. The molecule has 0 radical (unpaired) electrons. The molecule has 1 fully saturated rings. The first-order valence-electron chi connectivity index (χ1n) is 6.06. The van der Waals surface area contributed by atoms with Gasteiger partial charge in [-0.1, -0.05) is 17.7 Å². The number of hydrogen-bond donors (Lipinski definition) is 2. The Bertz CT molecular complexity index is 519. The second-order valence-electron chi connectivity index (χ2n) is 4.53. The van der Waals surface area contributed by atoms with Crippen molar-refractivity contribution >= 4 is 29.3 Å².